The van der Waals surface area contributed by atoms with E-state index in [1.54, 1.807) is 30.5 Å². The third-order valence-corrected chi connectivity index (χ3v) is 6.97. The van der Waals surface area contributed by atoms with Crippen LogP contribution >= 0.6 is 11.3 Å². The van der Waals surface area contributed by atoms with Gasteiger partial charge in [0, 0.05) is 22.8 Å². The zero-order valence-electron chi connectivity index (χ0n) is 22.9. The molecule has 0 N–H and O–H groups in total. The van der Waals surface area contributed by atoms with E-state index in [0.717, 1.165) is 10.4 Å². The average molecular weight is 539 g/mol. The quantitative estimate of drug-likeness (QED) is 0.282. The Balaban J connectivity index is 1.72. The van der Waals surface area contributed by atoms with Gasteiger partial charge in [0.2, 0.25) is 5.91 Å². The second-order valence-corrected chi connectivity index (χ2v) is 10.9. The summed E-state index contributed by atoms with van der Waals surface area (Å²) < 4.78 is 16.5. The van der Waals surface area contributed by atoms with Crippen LogP contribution in [-0.4, -0.2) is 62.1 Å². The van der Waals surface area contributed by atoms with E-state index in [0.29, 0.717) is 43.3 Å². The Kier molecular flexibility index (Phi) is 11.0. The van der Waals surface area contributed by atoms with Crippen LogP contribution in [0, 0.1) is 12.8 Å². The Labute approximate surface area is 229 Å². The van der Waals surface area contributed by atoms with Crippen molar-refractivity contribution in [3.63, 3.8) is 0 Å². The molecule has 7 nitrogen and oxygen atoms in total. The summed E-state index contributed by atoms with van der Waals surface area (Å²) in [6.07, 6.45) is 0.645. The number of thiophene rings is 1. The van der Waals surface area contributed by atoms with E-state index in [4.69, 9.17) is 14.2 Å². The fraction of sp³-hybridized carbons (Fsp3) is 0.400. The standard InChI is InChI=1S/C30H38N2O5S/c1-22(2)18-32(30(34)21-37-25-9-7-6-8-10-25)20-29(33)31(19-26-13-11-23(3)38-26)16-15-24-12-14-27(35-4)28(17-24)36-5/h6-14,17,22H,15-16,18-21H2,1-5H3. The molecule has 0 aliphatic heterocycles. The van der Waals surface area contributed by atoms with E-state index in [9.17, 15) is 9.59 Å². The highest BCUT2D eigenvalue weighted by molar-refractivity contribution is 7.11. The topological polar surface area (TPSA) is 68.3 Å². The molecule has 0 radical (unpaired) electrons. The molecule has 8 heteroatoms. The molecule has 0 aliphatic carbocycles. The largest absolute Gasteiger partial charge is 0.493 e. The van der Waals surface area contributed by atoms with Crippen molar-refractivity contribution in [2.24, 2.45) is 5.92 Å². The number of benzene rings is 2. The Morgan fingerprint density at radius 1 is 0.895 bits per heavy atom. The zero-order chi connectivity index (χ0) is 27.5. The monoisotopic (exact) mass is 538 g/mol. The number of amides is 2. The van der Waals surface area contributed by atoms with Gasteiger partial charge in [-0.05, 0) is 61.2 Å². The molecule has 0 saturated carbocycles. The lowest BCUT2D eigenvalue weighted by molar-refractivity contribution is -0.142. The molecule has 2 amide bonds. The highest BCUT2D eigenvalue weighted by atomic mass is 32.1. The van der Waals surface area contributed by atoms with Crippen molar-refractivity contribution in [2.45, 2.75) is 33.7 Å². The van der Waals surface area contributed by atoms with Crippen molar-refractivity contribution in [1.82, 2.24) is 9.80 Å². The Bertz CT molecular complexity index is 1180. The van der Waals surface area contributed by atoms with Gasteiger partial charge < -0.3 is 24.0 Å². The van der Waals surface area contributed by atoms with E-state index >= 15 is 0 Å². The highest BCUT2D eigenvalue weighted by Crippen LogP contribution is 2.28. The van der Waals surface area contributed by atoms with E-state index in [-0.39, 0.29) is 30.9 Å². The summed E-state index contributed by atoms with van der Waals surface area (Å²) in [6.45, 7) is 7.50. The molecule has 38 heavy (non-hydrogen) atoms. The summed E-state index contributed by atoms with van der Waals surface area (Å²) in [5.74, 6) is 1.86. The minimum absolute atomic E-state index is 0.00541. The van der Waals surface area contributed by atoms with Gasteiger partial charge in [-0.15, -0.1) is 11.3 Å². The molecule has 0 spiro atoms. The smallest absolute Gasteiger partial charge is 0.260 e. The van der Waals surface area contributed by atoms with Crippen LogP contribution < -0.4 is 14.2 Å². The van der Waals surface area contributed by atoms with Gasteiger partial charge in [0.25, 0.3) is 5.91 Å². The highest BCUT2D eigenvalue weighted by Gasteiger charge is 2.23. The van der Waals surface area contributed by atoms with Gasteiger partial charge in [-0.3, -0.25) is 9.59 Å². The number of carbonyl (C=O) groups excluding carboxylic acids is 2. The zero-order valence-corrected chi connectivity index (χ0v) is 23.8. The number of ether oxygens (including phenoxy) is 3. The molecule has 0 atom stereocenters. The SMILES string of the molecule is COc1ccc(CCN(Cc2ccc(C)s2)C(=O)CN(CC(C)C)C(=O)COc2ccccc2)cc1OC. The number of methoxy groups -OCH3 is 2. The molecule has 0 unspecified atom stereocenters. The average Bonchev–Trinajstić information content (AvgIpc) is 3.33. The maximum absolute atomic E-state index is 13.6. The number of rotatable bonds is 14. The van der Waals surface area contributed by atoms with Crippen LogP contribution in [0.4, 0.5) is 0 Å². The van der Waals surface area contributed by atoms with Gasteiger partial charge in [0.1, 0.15) is 5.75 Å². The molecule has 3 aromatic rings. The van der Waals surface area contributed by atoms with Crippen LogP contribution in [-0.2, 0) is 22.6 Å². The van der Waals surface area contributed by atoms with E-state index in [1.807, 2.05) is 67.3 Å². The second-order valence-electron chi connectivity index (χ2n) is 9.54. The van der Waals surface area contributed by atoms with Crippen LogP contribution in [0.15, 0.2) is 60.7 Å². The summed E-state index contributed by atoms with van der Waals surface area (Å²) in [7, 11) is 3.22. The number of carbonyl (C=O) groups is 2. The van der Waals surface area contributed by atoms with E-state index in [1.165, 1.54) is 4.88 Å². The van der Waals surface area contributed by atoms with Crippen LogP contribution in [0.5, 0.6) is 17.2 Å². The summed E-state index contributed by atoms with van der Waals surface area (Å²) in [6, 6.07) is 19.1. The number of para-hydroxylation sites is 1. The first kappa shape index (κ1) is 29.0. The molecule has 2 aromatic carbocycles. The summed E-state index contributed by atoms with van der Waals surface area (Å²) in [5, 5.41) is 0. The first-order valence-corrected chi connectivity index (χ1v) is 13.6. The molecule has 0 bridgehead atoms. The number of aryl methyl sites for hydroxylation is 1. The lowest BCUT2D eigenvalue weighted by atomic mass is 10.1. The Hall–Kier alpha value is -3.52. The molecular weight excluding hydrogens is 500 g/mol. The minimum Gasteiger partial charge on any atom is -0.493 e. The Morgan fingerprint density at radius 2 is 1.63 bits per heavy atom. The summed E-state index contributed by atoms with van der Waals surface area (Å²) in [4.78, 5) is 32.5. The number of hydrogen-bond acceptors (Lipinski definition) is 6. The van der Waals surface area contributed by atoms with Gasteiger partial charge in [-0.25, -0.2) is 0 Å². The second kappa shape index (κ2) is 14.4. The third-order valence-electron chi connectivity index (χ3n) is 5.98. The van der Waals surface area contributed by atoms with Crippen LogP contribution in [0.2, 0.25) is 0 Å². The molecule has 3 rings (SSSR count). The fourth-order valence-electron chi connectivity index (χ4n) is 4.06. The van der Waals surface area contributed by atoms with Crippen molar-refractivity contribution >= 4 is 23.2 Å². The van der Waals surface area contributed by atoms with Gasteiger partial charge in [-0.1, -0.05) is 38.1 Å². The van der Waals surface area contributed by atoms with Gasteiger partial charge in [0.05, 0.1) is 27.3 Å². The lowest BCUT2D eigenvalue weighted by Crippen LogP contribution is -2.46. The van der Waals surface area contributed by atoms with Crippen LogP contribution in [0.25, 0.3) is 0 Å². The molecule has 0 aliphatic rings. The minimum atomic E-state index is -0.206. The number of hydrogen-bond donors (Lipinski definition) is 0. The molecular formula is C30H38N2O5S. The molecule has 204 valence electrons. The van der Waals surface area contributed by atoms with Crippen molar-refractivity contribution in [1.29, 1.82) is 0 Å². The van der Waals surface area contributed by atoms with Gasteiger partial charge in [0.15, 0.2) is 18.1 Å². The van der Waals surface area contributed by atoms with Crippen molar-refractivity contribution in [3.05, 3.63) is 76.0 Å². The van der Waals surface area contributed by atoms with Gasteiger partial charge in [-0.2, -0.15) is 0 Å². The molecule has 1 aromatic heterocycles. The fourth-order valence-corrected chi connectivity index (χ4v) is 4.97. The third kappa shape index (κ3) is 8.80. The molecule has 0 saturated heterocycles. The van der Waals surface area contributed by atoms with Crippen molar-refractivity contribution in [3.8, 4) is 17.2 Å². The predicted molar refractivity (Wildman–Crippen MR) is 151 cm³/mol. The lowest BCUT2D eigenvalue weighted by Gasteiger charge is -2.28. The van der Waals surface area contributed by atoms with Crippen molar-refractivity contribution in [2.75, 3.05) is 40.5 Å². The van der Waals surface area contributed by atoms with Gasteiger partial charge >= 0.3 is 0 Å². The number of nitrogens with zero attached hydrogens (tertiary/aromatic N) is 2. The summed E-state index contributed by atoms with van der Waals surface area (Å²) >= 11 is 1.68. The first-order chi connectivity index (χ1) is 18.3. The summed E-state index contributed by atoms with van der Waals surface area (Å²) in [5.41, 5.74) is 1.04. The Morgan fingerprint density at radius 3 is 2.26 bits per heavy atom. The maximum Gasteiger partial charge on any atom is 0.260 e. The first-order valence-electron chi connectivity index (χ1n) is 12.8. The predicted octanol–water partition coefficient (Wildman–Crippen LogP) is 5.21. The molecule has 1 heterocycles. The van der Waals surface area contributed by atoms with E-state index in [2.05, 4.69) is 19.1 Å². The molecule has 0 fully saturated rings. The van der Waals surface area contributed by atoms with Crippen molar-refractivity contribution < 1.29 is 23.8 Å². The van der Waals surface area contributed by atoms with E-state index < -0.39 is 0 Å². The van der Waals surface area contributed by atoms with Crippen LogP contribution in [0.1, 0.15) is 29.2 Å². The normalized spacial score (nSPS) is 10.8. The van der Waals surface area contributed by atoms with Crippen LogP contribution in [0.3, 0.4) is 0 Å². The maximum atomic E-state index is 13.6.